The molecule has 156 valence electrons. The molecule has 1 amide bonds. The summed E-state index contributed by atoms with van der Waals surface area (Å²) in [5.41, 5.74) is 3.41. The number of amides is 1. The number of hydrogen-bond donors (Lipinski definition) is 1. The summed E-state index contributed by atoms with van der Waals surface area (Å²) in [6.45, 7) is 4.17. The number of carbonyl (C=O) groups excluding carboxylic acids is 2. The molecule has 1 fully saturated rings. The topological polar surface area (TPSA) is 65.6 Å². The number of hydrogen-bond acceptors (Lipinski definition) is 4. The van der Waals surface area contributed by atoms with Crippen molar-refractivity contribution in [3.8, 4) is 0 Å². The van der Waals surface area contributed by atoms with Gasteiger partial charge in [0.2, 0.25) is 0 Å². The largest absolute Gasteiger partial charge is 0.468 e. The van der Waals surface area contributed by atoms with Crippen LogP contribution in [-0.4, -0.2) is 59.9 Å². The van der Waals surface area contributed by atoms with Crippen LogP contribution >= 0.6 is 11.6 Å². The van der Waals surface area contributed by atoms with Gasteiger partial charge in [-0.05, 0) is 36.8 Å². The van der Waals surface area contributed by atoms with Crippen molar-refractivity contribution in [2.24, 2.45) is 0 Å². The van der Waals surface area contributed by atoms with Crippen LogP contribution in [0.15, 0.2) is 48.5 Å². The van der Waals surface area contributed by atoms with E-state index >= 15 is 0 Å². The molecule has 3 aromatic rings. The third kappa shape index (κ3) is 3.93. The third-order valence-electron chi connectivity index (χ3n) is 5.60. The van der Waals surface area contributed by atoms with Crippen LogP contribution < -0.4 is 0 Å². The first-order valence-corrected chi connectivity index (χ1v) is 10.3. The van der Waals surface area contributed by atoms with Crippen molar-refractivity contribution in [1.82, 2.24) is 14.8 Å². The molecule has 1 unspecified atom stereocenters. The highest BCUT2D eigenvalue weighted by Crippen LogP contribution is 2.29. The second kappa shape index (κ2) is 8.50. The van der Waals surface area contributed by atoms with Gasteiger partial charge in [-0.1, -0.05) is 41.4 Å². The average molecular weight is 426 g/mol. The van der Waals surface area contributed by atoms with Crippen LogP contribution in [0.2, 0.25) is 5.02 Å². The molecular weight excluding hydrogens is 402 g/mol. The summed E-state index contributed by atoms with van der Waals surface area (Å²) in [5.74, 6) is -0.385. The van der Waals surface area contributed by atoms with Gasteiger partial charge in [-0.2, -0.15) is 0 Å². The third-order valence-corrected chi connectivity index (χ3v) is 5.94. The van der Waals surface area contributed by atoms with Gasteiger partial charge in [0, 0.05) is 42.1 Å². The first kappa shape index (κ1) is 20.4. The quantitative estimate of drug-likeness (QED) is 0.646. The lowest BCUT2D eigenvalue weighted by molar-refractivity contribution is -0.148. The predicted octanol–water partition coefficient (Wildman–Crippen LogP) is 3.80. The number of H-pyrrole nitrogens is 1. The van der Waals surface area contributed by atoms with E-state index in [9.17, 15) is 9.59 Å². The molecule has 1 aliphatic heterocycles. The second-order valence-corrected chi connectivity index (χ2v) is 7.96. The molecule has 0 spiro atoms. The summed E-state index contributed by atoms with van der Waals surface area (Å²) < 4.78 is 5.04. The number of halogens is 1. The number of aromatic amines is 1. The minimum Gasteiger partial charge on any atom is -0.468 e. The molecule has 1 atom stereocenters. The Hall–Kier alpha value is -2.83. The van der Waals surface area contributed by atoms with E-state index < -0.39 is 6.04 Å². The van der Waals surface area contributed by atoms with Crippen LogP contribution in [0, 0.1) is 6.92 Å². The Morgan fingerprint density at radius 2 is 1.80 bits per heavy atom. The summed E-state index contributed by atoms with van der Waals surface area (Å²) in [7, 11) is 1.38. The summed E-state index contributed by atoms with van der Waals surface area (Å²) in [6, 6.07) is 14.7. The fourth-order valence-electron chi connectivity index (χ4n) is 4.00. The summed E-state index contributed by atoms with van der Waals surface area (Å²) in [5, 5.41) is 1.56. The number of benzene rings is 2. The number of aryl methyl sites for hydroxylation is 1. The van der Waals surface area contributed by atoms with Crippen LogP contribution in [0.1, 0.15) is 27.7 Å². The molecule has 6 nitrogen and oxygen atoms in total. The zero-order valence-corrected chi connectivity index (χ0v) is 17.8. The molecule has 0 bridgehead atoms. The first-order valence-electron chi connectivity index (χ1n) is 9.93. The highest BCUT2D eigenvalue weighted by molar-refractivity contribution is 6.31. The lowest BCUT2D eigenvalue weighted by Gasteiger charge is -2.38. The van der Waals surface area contributed by atoms with Gasteiger partial charge in [0.15, 0.2) is 0 Å². The number of nitrogens with zero attached hydrogens (tertiary/aromatic N) is 2. The molecule has 0 saturated carbocycles. The Kier molecular flexibility index (Phi) is 5.79. The summed E-state index contributed by atoms with van der Waals surface area (Å²) >= 11 is 6.35. The van der Waals surface area contributed by atoms with E-state index in [0.29, 0.717) is 36.9 Å². The van der Waals surface area contributed by atoms with E-state index in [1.165, 1.54) is 7.11 Å². The van der Waals surface area contributed by atoms with E-state index in [4.69, 9.17) is 16.3 Å². The van der Waals surface area contributed by atoms with Gasteiger partial charge in [0.1, 0.15) is 11.7 Å². The Labute approximate surface area is 180 Å². The molecule has 1 N–H and O–H groups in total. The monoisotopic (exact) mass is 425 g/mol. The molecule has 1 aliphatic rings. The van der Waals surface area contributed by atoms with Gasteiger partial charge in [-0.25, -0.2) is 4.79 Å². The number of ether oxygens (including phenoxy) is 1. The fraction of sp³-hybridized carbons (Fsp3) is 0.304. The number of methoxy groups -OCH3 is 1. The van der Waals surface area contributed by atoms with Gasteiger partial charge in [-0.3, -0.25) is 9.69 Å². The molecule has 0 aliphatic carbocycles. The fourth-order valence-corrected chi connectivity index (χ4v) is 4.24. The molecule has 2 aromatic carbocycles. The molecule has 2 heterocycles. The smallest absolute Gasteiger partial charge is 0.327 e. The lowest BCUT2D eigenvalue weighted by Crippen LogP contribution is -2.51. The van der Waals surface area contributed by atoms with E-state index in [1.807, 2.05) is 53.1 Å². The maximum atomic E-state index is 13.0. The van der Waals surface area contributed by atoms with Gasteiger partial charge in [0.25, 0.3) is 5.91 Å². The van der Waals surface area contributed by atoms with Gasteiger partial charge in [-0.15, -0.1) is 0 Å². The maximum absolute atomic E-state index is 13.0. The van der Waals surface area contributed by atoms with Crippen molar-refractivity contribution in [3.63, 3.8) is 0 Å². The SMILES string of the molecule is COC(=O)C(c1ccccc1Cl)N1CCN(C(=O)c2cc3cc(C)ccc3[nH]2)CC1. The zero-order valence-electron chi connectivity index (χ0n) is 17.0. The number of aromatic nitrogens is 1. The molecule has 1 aromatic heterocycles. The molecular formula is C23H24ClN3O3. The highest BCUT2D eigenvalue weighted by atomic mass is 35.5. The lowest BCUT2D eigenvalue weighted by atomic mass is 10.0. The van der Waals surface area contributed by atoms with Crippen molar-refractivity contribution in [2.45, 2.75) is 13.0 Å². The van der Waals surface area contributed by atoms with E-state index in [-0.39, 0.29) is 11.9 Å². The molecule has 4 rings (SSSR count). The van der Waals surface area contributed by atoms with E-state index in [0.717, 1.165) is 22.0 Å². The van der Waals surface area contributed by atoms with Crippen molar-refractivity contribution < 1.29 is 14.3 Å². The highest BCUT2D eigenvalue weighted by Gasteiger charge is 2.33. The van der Waals surface area contributed by atoms with E-state index in [1.54, 1.807) is 6.07 Å². The Bertz CT molecular complexity index is 1090. The van der Waals surface area contributed by atoms with Crippen molar-refractivity contribution in [3.05, 3.63) is 70.4 Å². The van der Waals surface area contributed by atoms with Crippen LogP contribution in [0.3, 0.4) is 0 Å². The van der Waals surface area contributed by atoms with Crippen molar-refractivity contribution in [2.75, 3.05) is 33.3 Å². The van der Waals surface area contributed by atoms with Crippen LogP contribution in [0.5, 0.6) is 0 Å². The Morgan fingerprint density at radius 3 is 2.50 bits per heavy atom. The number of piperazine rings is 1. The van der Waals surface area contributed by atoms with Crippen molar-refractivity contribution in [1.29, 1.82) is 0 Å². The minimum absolute atomic E-state index is 0.0316. The minimum atomic E-state index is -0.586. The van der Waals surface area contributed by atoms with Crippen LogP contribution in [-0.2, 0) is 9.53 Å². The van der Waals surface area contributed by atoms with Crippen LogP contribution in [0.4, 0.5) is 0 Å². The van der Waals surface area contributed by atoms with Gasteiger partial charge < -0.3 is 14.6 Å². The normalized spacial score (nSPS) is 15.9. The van der Waals surface area contributed by atoms with Gasteiger partial charge in [0.05, 0.1) is 7.11 Å². The predicted molar refractivity (Wildman–Crippen MR) is 117 cm³/mol. The van der Waals surface area contributed by atoms with E-state index in [2.05, 4.69) is 11.1 Å². The van der Waals surface area contributed by atoms with Crippen molar-refractivity contribution >= 4 is 34.4 Å². The first-order chi connectivity index (χ1) is 14.5. The number of rotatable bonds is 4. The second-order valence-electron chi connectivity index (χ2n) is 7.55. The summed E-state index contributed by atoms with van der Waals surface area (Å²) in [4.78, 5) is 32.6. The average Bonchev–Trinajstić information content (AvgIpc) is 3.18. The number of esters is 1. The molecule has 30 heavy (non-hydrogen) atoms. The zero-order chi connectivity index (χ0) is 21.3. The number of carbonyl (C=O) groups is 2. The molecule has 1 saturated heterocycles. The number of fused-ring (bicyclic) bond motifs is 1. The Balaban J connectivity index is 1.49. The molecule has 7 heteroatoms. The maximum Gasteiger partial charge on any atom is 0.327 e. The van der Waals surface area contributed by atoms with Gasteiger partial charge >= 0.3 is 5.97 Å². The Morgan fingerprint density at radius 1 is 1.07 bits per heavy atom. The molecule has 0 radical (unpaired) electrons. The number of nitrogens with one attached hydrogen (secondary N) is 1. The standard InChI is InChI=1S/C23H24ClN3O3/c1-15-7-8-19-16(13-15)14-20(25-19)22(28)27-11-9-26(10-12-27)21(23(29)30-2)17-5-3-4-6-18(17)24/h3-8,13-14,21,25H,9-12H2,1-2H3. The van der Waals surface area contributed by atoms with Crippen LogP contribution in [0.25, 0.3) is 10.9 Å². The summed E-state index contributed by atoms with van der Waals surface area (Å²) in [6.07, 6.45) is 0.